The van der Waals surface area contributed by atoms with Crippen molar-refractivity contribution >= 4 is 17.8 Å². The van der Waals surface area contributed by atoms with Crippen LogP contribution in [0, 0.1) is 0 Å². The standard InChI is InChI=1S/C12H19NOS/c1-5-7-15-8-6-11-13-10(9-14-11)12(2,3)4/h6,8-9H,5,7H2,1-4H3. The van der Waals surface area contributed by atoms with Gasteiger partial charge in [0.05, 0.1) is 5.69 Å². The monoisotopic (exact) mass is 225 g/mol. The molecule has 0 N–H and O–H groups in total. The van der Waals surface area contributed by atoms with Crippen LogP contribution in [-0.4, -0.2) is 10.7 Å². The van der Waals surface area contributed by atoms with Crippen LogP contribution in [0.3, 0.4) is 0 Å². The number of hydrogen-bond acceptors (Lipinski definition) is 3. The molecule has 1 heterocycles. The van der Waals surface area contributed by atoms with Crippen LogP contribution in [0.2, 0.25) is 0 Å². The van der Waals surface area contributed by atoms with Gasteiger partial charge in [-0.1, -0.05) is 27.7 Å². The van der Waals surface area contributed by atoms with Crippen LogP contribution in [0.25, 0.3) is 6.08 Å². The van der Waals surface area contributed by atoms with Crippen LogP contribution in [-0.2, 0) is 5.41 Å². The van der Waals surface area contributed by atoms with Gasteiger partial charge in [-0.25, -0.2) is 4.98 Å². The lowest BCUT2D eigenvalue weighted by Crippen LogP contribution is -2.11. The molecule has 0 aliphatic heterocycles. The van der Waals surface area contributed by atoms with Gasteiger partial charge in [-0.3, -0.25) is 0 Å². The second-order valence-electron chi connectivity index (χ2n) is 4.49. The first-order chi connectivity index (χ1) is 7.04. The topological polar surface area (TPSA) is 26.0 Å². The van der Waals surface area contributed by atoms with Gasteiger partial charge in [-0.05, 0) is 17.6 Å². The van der Waals surface area contributed by atoms with Crippen molar-refractivity contribution in [1.29, 1.82) is 0 Å². The molecular weight excluding hydrogens is 206 g/mol. The second kappa shape index (κ2) is 5.40. The van der Waals surface area contributed by atoms with E-state index in [-0.39, 0.29) is 5.41 Å². The molecule has 0 saturated heterocycles. The zero-order chi connectivity index (χ0) is 11.3. The van der Waals surface area contributed by atoms with Gasteiger partial charge in [0.2, 0.25) is 5.89 Å². The molecule has 0 bridgehead atoms. The van der Waals surface area contributed by atoms with Crippen molar-refractivity contribution in [3.63, 3.8) is 0 Å². The minimum atomic E-state index is 0.0617. The molecule has 1 aromatic rings. The van der Waals surface area contributed by atoms with Gasteiger partial charge >= 0.3 is 0 Å². The summed E-state index contributed by atoms with van der Waals surface area (Å²) in [5.74, 6) is 1.84. The normalized spacial score (nSPS) is 12.5. The minimum absolute atomic E-state index is 0.0617. The number of thioether (sulfide) groups is 1. The quantitative estimate of drug-likeness (QED) is 0.722. The molecule has 0 amide bonds. The van der Waals surface area contributed by atoms with E-state index >= 15 is 0 Å². The van der Waals surface area contributed by atoms with E-state index in [4.69, 9.17) is 4.42 Å². The third-order valence-electron chi connectivity index (χ3n) is 1.92. The van der Waals surface area contributed by atoms with E-state index in [1.54, 1.807) is 18.0 Å². The summed E-state index contributed by atoms with van der Waals surface area (Å²) in [6, 6.07) is 0. The summed E-state index contributed by atoms with van der Waals surface area (Å²) in [4.78, 5) is 4.41. The fourth-order valence-electron chi connectivity index (χ4n) is 1.00. The van der Waals surface area contributed by atoms with Crippen molar-refractivity contribution in [2.75, 3.05) is 5.75 Å². The van der Waals surface area contributed by atoms with Crippen LogP contribution in [0.1, 0.15) is 45.7 Å². The van der Waals surface area contributed by atoms with E-state index in [1.807, 2.05) is 11.5 Å². The Hall–Kier alpha value is -0.700. The highest BCUT2D eigenvalue weighted by Gasteiger charge is 2.17. The Morgan fingerprint density at radius 1 is 1.47 bits per heavy atom. The Bertz CT molecular complexity index is 323. The van der Waals surface area contributed by atoms with E-state index in [0.717, 1.165) is 11.4 Å². The molecule has 0 radical (unpaired) electrons. The summed E-state index contributed by atoms with van der Waals surface area (Å²) in [5.41, 5.74) is 1.06. The van der Waals surface area contributed by atoms with Crippen LogP contribution < -0.4 is 0 Å². The third-order valence-corrected chi connectivity index (χ3v) is 2.89. The van der Waals surface area contributed by atoms with Gasteiger partial charge in [0.15, 0.2) is 0 Å². The lowest BCUT2D eigenvalue weighted by atomic mass is 9.93. The fraction of sp³-hybridized carbons (Fsp3) is 0.583. The molecule has 15 heavy (non-hydrogen) atoms. The van der Waals surface area contributed by atoms with Crippen molar-refractivity contribution in [2.24, 2.45) is 0 Å². The Kier molecular flexibility index (Phi) is 4.45. The molecule has 0 unspecified atom stereocenters. The average molecular weight is 225 g/mol. The first kappa shape index (κ1) is 12.4. The van der Waals surface area contributed by atoms with Crippen molar-refractivity contribution in [3.8, 4) is 0 Å². The highest BCUT2D eigenvalue weighted by Crippen LogP contribution is 2.21. The van der Waals surface area contributed by atoms with Crippen molar-refractivity contribution < 1.29 is 4.42 Å². The second-order valence-corrected chi connectivity index (χ2v) is 5.51. The predicted octanol–water partition coefficient (Wildman–Crippen LogP) is 4.09. The van der Waals surface area contributed by atoms with Gasteiger partial charge in [-0.2, -0.15) is 0 Å². The number of hydrogen-bond donors (Lipinski definition) is 0. The lowest BCUT2D eigenvalue weighted by molar-refractivity contribution is 0.531. The molecule has 1 rings (SSSR count). The lowest BCUT2D eigenvalue weighted by Gasteiger charge is -2.12. The van der Waals surface area contributed by atoms with Gasteiger partial charge in [-0.15, -0.1) is 11.8 Å². The van der Waals surface area contributed by atoms with Crippen LogP contribution >= 0.6 is 11.8 Å². The van der Waals surface area contributed by atoms with Crippen molar-refractivity contribution in [3.05, 3.63) is 23.3 Å². The van der Waals surface area contributed by atoms with E-state index in [0.29, 0.717) is 5.89 Å². The molecule has 0 fully saturated rings. The summed E-state index contributed by atoms with van der Waals surface area (Å²) in [6.45, 7) is 8.56. The van der Waals surface area contributed by atoms with Crippen molar-refractivity contribution in [2.45, 2.75) is 39.5 Å². The minimum Gasteiger partial charge on any atom is -0.445 e. The SMILES string of the molecule is CCCSC=Cc1nc(C(C)(C)C)co1. The van der Waals surface area contributed by atoms with E-state index < -0.39 is 0 Å². The smallest absolute Gasteiger partial charge is 0.219 e. The van der Waals surface area contributed by atoms with Gasteiger partial charge in [0, 0.05) is 11.5 Å². The zero-order valence-electron chi connectivity index (χ0n) is 9.91. The maximum Gasteiger partial charge on any atom is 0.219 e. The maximum atomic E-state index is 5.36. The third kappa shape index (κ3) is 4.12. The number of oxazole rings is 1. The Morgan fingerprint density at radius 3 is 2.73 bits per heavy atom. The molecule has 0 saturated carbocycles. The highest BCUT2D eigenvalue weighted by molar-refractivity contribution is 8.02. The number of aromatic nitrogens is 1. The summed E-state index contributed by atoms with van der Waals surface area (Å²) in [6.07, 6.45) is 4.85. The molecule has 0 aliphatic carbocycles. The summed E-state index contributed by atoms with van der Waals surface area (Å²) in [7, 11) is 0. The summed E-state index contributed by atoms with van der Waals surface area (Å²) >= 11 is 1.78. The molecule has 2 nitrogen and oxygen atoms in total. The largest absolute Gasteiger partial charge is 0.445 e. The van der Waals surface area contributed by atoms with E-state index in [2.05, 4.69) is 32.7 Å². The molecule has 0 atom stereocenters. The van der Waals surface area contributed by atoms with Gasteiger partial charge < -0.3 is 4.42 Å². The molecule has 0 aliphatic rings. The molecule has 1 aromatic heterocycles. The Labute approximate surface area is 96.2 Å². The van der Waals surface area contributed by atoms with Crippen LogP contribution in [0.15, 0.2) is 16.1 Å². The Balaban J connectivity index is 2.57. The number of rotatable bonds is 4. The fourth-order valence-corrected chi connectivity index (χ4v) is 1.59. The first-order valence-electron chi connectivity index (χ1n) is 5.28. The first-order valence-corrected chi connectivity index (χ1v) is 6.33. The number of nitrogens with zero attached hydrogens (tertiary/aromatic N) is 1. The zero-order valence-corrected chi connectivity index (χ0v) is 10.7. The van der Waals surface area contributed by atoms with E-state index in [9.17, 15) is 0 Å². The summed E-state index contributed by atoms with van der Waals surface area (Å²) < 4.78 is 5.36. The molecule has 3 heteroatoms. The van der Waals surface area contributed by atoms with Crippen molar-refractivity contribution in [1.82, 2.24) is 4.98 Å². The van der Waals surface area contributed by atoms with Gasteiger partial charge in [0.25, 0.3) is 0 Å². The van der Waals surface area contributed by atoms with Gasteiger partial charge in [0.1, 0.15) is 6.26 Å². The maximum absolute atomic E-state index is 5.36. The molecular formula is C12H19NOS. The van der Waals surface area contributed by atoms with Crippen LogP contribution in [0.5, 0.6) is 0 Å². The summed E-state index contributed by atoms with van der Waals surface area (Å²) in [5, 5.41) is 2.04. The molecule has 0 spiro atoms. The van der Waals surface area contributed by atoms with Crippen LogP contribution in [0.4, 0.5) is 0 Å². The average Bonchev–Trinajstić information content (AvgIpc) is 2.60. The molecule has 0 aromatic carbocycles. The predicted molar refractivity (Wildman–Crippen MR) is 67.0 cm³/mol. The highest BCUT2D eigenvalue weighted by atomic mass is 32.2. The Morgan fingerprint density at radius 2 is 2.20 bits per heavy atom. The van der Waals surface area contributed by atoms with E-state index in [1.165, 1.54) is 6.42 Å². The molecule has 84 valence electrons.